The van der Waals surface area contributed by atoms with E-state index in [4.69, 9.17) is 4.74 Å². The number of carbonyl (C=O) groups is 1. The van der Waals surface area contributed by atoms with E-state index in [-0.39, 0.29) is 6.09 Å². The highest BCUT2D eigenvalue weighted by molar-refractivity contribution is 5.68. The maximum absolute atomic E-state index is 12.1. The van der Waals surface area contributed by atoms with Gasteiger partial charge in [0.25, 0.3) is 0 Å². The Kier molecular flexibility index (Phi) is 5.69. The molecule has 2 rings (SSSR count). The summed E-state index contributed by atoms with van der Waals surface area (Å²) in [7, 11) is 0. The van der Waals surface area contributed by atoms with Crippen molar-refractivity contribution in [2.75, 3.05) is 13.1 Å². The van der Waals surface area contributed by atoms with Crippen molar-refractivity contribution >= 4 is 6.09 Å². The number of aryl methyl sites for hydroxylation is 1. The Bertz CT molecular complexity index is 536. The van der Waals surface area contributed by atoms with Gasteiger partial charge in [-0.15, -0.1) is 0 Å². The predicted octanol–water partition coefficient (Wildman–Crippen LogP) is 3.53. The molecule has 1 N–H and O–H groups in total. The number of amides is 1. The van der Waals surface area contributed by atoms with Crippen molar-refractivity contribution in [3.8, 4) is 0 Å². The van der Waals surface area contributed by atoms with Gasteiger partial charge in [0.2, 0.25) is 0 Å². The molecule has 1 aromatic carbocycles. The number of nitrogens with one attached hydrogen (secondary N) is 1. The lowest BCUT2D eigenvalue weighted by Crippen LogP contribution is -2.41. The number of rotatable bonds is 4. The number of ether oxygens (including phenoxy) is 1. The number of likely N-dealkylation sites (tertiary alicyclic amines) is 1. The summed E-state index contributed by atoms with van der Waals surface area (Å²) in [5.74, 6) is 0. The fourth-order valence-electron chi connectivity index (χ4n) is 3.02. The minimum absolute atomic E-state index is 0.201. The van der Waals surface area contributed by atoms with E-state index in [9.17, 15) is 4.79 Å². The topological polar surface area (TPSA) is 41.6 Å². The van der Waals surface area contributed by atoms with Crippen LogP contribution in [-0.4, -0.2) is 41.8 Å². The summed E-state index contributed by atoms with van der Waals surface area (Å²) in [6.45, 7) is 11.6. The molecule has 2 unspecified atom stereocenters. The van der Waals surface area contributed by atoms with Gasteiger partial charge in [0.15, 0.2) is 0 Å². The molecule has 1 aliphatic heterocycles. The van der Waals surface area contributed by atoms with Gasteiger partial charge in [-0.1, -0.05) is 24.3 Å². The van der Waals surface area contributed by atoms with Gasteiger partial charge in [-0.05, 0) is 58.6 Å². The molecule has 4 nitrogen and oxygen atoms in total. The zero-order valence-electron chi connectivity index (χ0n) is 15.1. The average Bonchev–Trinajstić information content (AvgIpc) is 2.88. The molecule has 128 valence electrons. The van der Waals surface area contributed by atoms with E-state index < -0.39 is 5.60 Å². The van der Waals surface area contributed by atoms with Gasteiger partial charge in [0, 0.05) is 25.2 Å². The first-order valence-corrected chi connectivity index (χ1v) is 8.53. The molecule has 1 fully saturated rings. The summed E-state index contributed by atoms with van der Waals surface area (Å²) in [6.07, 6.45) is 1.79. The number of nitrogens with zero attached hydrogens (tertiary/aromatic N) is 1. The van der Waals surface area contributed by atoms with Crippen LogP contribution >= 0.6 is 0 Å². The molecule has 1 aliphatic rings. The van der Waals surface area contributed by atoms with Crippen molar-refractivity contribution in [1.82, 2.24) is 10.2 Å². The fourth-order valence-corrected chi connectivity index (χ4v) is 3.02. The maximum Gasteiger partial charge on any atom is 0.410 e. The molecule has 0 bridgehead atoms. The van der Waals surface area contributed by atoms with E-state index in [1.807, 2.05) is 25.7 Å². The minimum atomic E-state index is -0.430. The largest absolute Gasteiger partial charge is 0.444 e. The van der Waals surface area contributed by atoms with Crippen LogP contribution < -0.4 is 5.32 Å². The SMILES string of the molecule is Cc1ccccc1CC(C)NC1CCN(C(=O)OC(C)(C)C)C1. The lowest BCUT2D eigenvalue weighted by atomic mass is 10.0. The van der Waals surface area contributed by atoms with E-state index in [1.54, 1.807) is 0 Å². The third-order valence-electron chi connectivity index (χ3n) is 4.15. The van der Waals surface area contributed by atoms with Gasteiger partial charge < -0.3 is 15.0 Å². The van der Waals surface area contributed by atoms with Crippen LogP contribution in [0.25, 0.3) is 0 Å². The van der Waals surface area contributed by atoms with Crippen LogP contribution in [0.4, 0.5) is 4.79 Å². The van der Waals surface area contributed by atoms with Crippen LogP contribution in [0.15, 0.2) is 24.3 Å². The second-order valence-electron chi connectivity index (χ2n) is 7.61. The van der Waals surface area contributed by atoms with Gasteiger partial charge in [-0.2, -0.15) is 0 Å². The summed E-state index contributed by atoms with van der Waals surface area (Å²) in [6, 6.07) is 9.25. The predicted molar refractivity (Wildman–Crippen MR) is 93.7 cm³/mol. The normalized spacial score (nSPS) is 19.7. The minimum Gasteiger partial charge on any atom is -0.444 e. The Labute approximate surface area is 140 Å². The first kappa shape index (κ1) is 17.8. The summed E-state index contributed by atoms with van der Waals surface area (Å²) < 4.78 is 5.45. The third kappa shape index (κ3) is 5.54. The summed E-state index contributed by atoms with van der Waals surface area (Å²) in [5, 5.41) is 3.65. The Morgan fingerprint density at radius 3 is 2.74 bits per heavy atom. The zero-order valence-corrected chi connectivity index (χ0v) is 15.1. The molecule has 0 saturated carbocycles. The molecule has 4 heteroatoms. The Hall–Kier alpha value is -1.55. The van der Waals surface area contributed by atoms with Gasteiger partial charge >= 0.3 is 6.09 Å². The van der Waals surface area contributed by atoms with E-state index >= 15 is 0 Å². The lowest BCUT2D eigenvalue weighted by molar-refractivity contribution is 0.0290. The maximum atomic E-state index is 12.1. The second-order valence-corrected chi connectivity index (χ2v) is 7.61. The smallest absolute Gasteiger partial charge is 0.410 e. The second kappa shape index (κ2) is 7.35. The van der Waals surface area contributed by atoms with Gasteiger partial charge in [0.1, 0.15) is 5.60 Å². The van der Waals surface area contributed by atoms with Crippen LogP contribution in [0.2, 0.25) is 0 Å². The molecule has 0 radical (unpaired) electrons. The summed E-state index contributed by atoms with van der Waals surface area (Å²) >= 11 is 0. The van der Waals surface area contributed by atoms with Crippen molar-refractivity contribution in [3.05, 3.63) is 35.4 Å². The van der Waals surface area contributed by atoms with Crippen LogP contribution in [0.1, 0.15) is 45.2 Å². The molecular weight excluding hydrogens is 288 g/mol. The number of hydrogen-bond acceptors (Lipinski definition) is 3. The molecule has 2 atom stereocenters. The molecule has 1 heterocycles. The molecule has 1 aromatic rings. The Morgan fingerprint density at radius 1 is 1.39 bits per heavy atom. The van der Waals surface area contributed by atoms with Crippen molar-refractivity contribution < 1.29 is 9.53 Å². The van der Waals surface area contributed by atoms with Crippen molar-refractivity contribution in [3.63, 3.8) is 0 Å². The van der Waals surface area contributed by atoms with E-state index in [0.717, 1.165) is 25.9 Å². The van der Waals surface area contributed by atoms with Crippen molar-refractivity contribution in [2.45, 2.75) is 65.1 Å². The monoisotopic (exact) mass is 318 g/mol. The summed E-state index contributed by atoms with van der Waals surface area (Å²) in [5.41, 5.74) is 2.29. The van der Waals surface area contributed by atoms with Gasteiger partial charge in [0.05, 0.1) is 0 Å². The van der Waals surface area contributed by atoms with Crippen LogP contribution in [0, 0.1) is 6.92 Å². The summed E-state index contributed by atoms with van der Waals surface area (Å²) in [4.78, 5) is 13.9. The van der Waals surface area contributed by atoms with E-state index in [2.05, 4.69) is 43.4 Å². The molecule has 1 saturated heterocycles. The highest BCUT2D eigenvalue weighted by Gasteiger charge is 2.30. The number of hydrogen-bond donors (Lipinski definition) is 1. The molecular formula is C19H30N2O2. The average molecular weight is 318 g/mol. The molecule has 0 aliphatic carbocycles. The molecule has 0 spiro atoms. The standard InChI is InChI=1S/C19H30N2O2/c1-14-8-6-7-9-16(14)12-15(2)20-17-10-11-21(13-17)18(22)23-19(3,4)5/h6-9,15,17,20H,10-13H2,1-5H3. The number of benzene rings is 1. The highest BCUT2D eigenvalue weighted by Crippen LogP contribution is 2.16. The highest BCUT2D eigenvalue weighted by atomic mass is 16.6. The number of carbonyl (C=O) groups excluding carboxylic acids is 1. The van der Waals surface area contributed by atoms with Crippen LogP contribution in [-0.2, 0) is 11.2 Å². The molecule has 1 amide bonds. The first-order valence-electron chi connectivity index (χ1n) is 8.53. The molecule has 23 heavy (non-hydrogen) atoms. The Balaban J connectivity index is 1.81. The van der Waals surface area contributed by atoms with Crippen LogP contribution in [0.3, 0.4) is 0 Å². The van der Waals surface area contributed by atoms with E-state index in [1.165, 1.54) is 11.1 Å². The lowest BCUT2D eigenvalue weighted by Gasteiger charge is -2.25. The Morgan fingerprint density at radius 2 is 2.09 bits per heavy atom. The fraction of sp³-hybridized carbons (Fsp3) is 0.632. The van der Waals surface area contributed by atoms with Crippen molar-refractivity contribution in [2.24, 2.45) is 0 Å². The van der Waals surface area contributed by atoms with Gasteiger partial charge in [-0.25, -0.2) is 4.79 Å². The third-order valence-corrected chi connectivity index (χ3v) is 4.15. The van der Waals surface area contributed by atoms with Gasteiger partial charge in [-0.3, -0.25) is 0 Å². The zero-order chi connectivity index (χ0) is 17.0. The first-order chi connectivity index (χ1) is 10.7. The quantitative estimate of drug-likeness (QED) is 0.923. The van der Waals surface area contributed by atoms with Crippen LogP contribution in [0.5, 0.6) is 0 Å². The van der Waals surface area contributed by atoms with Crippen molar-refractivity contribution in [1.29, 1.82) is 0 Å². The molecule has 0 aromatic heterocycles. The van der Waals surface area contributed by atoms with E-state index in [0.29, 0.717) is 12.1 Å².